The van der Waals surface area contributed by atoms with Crippen molar-refractivity contribution in [2.75, 3.05) is 0 Å². The van der Waals surface area contributed by atoms with Crippen LogP contribution in [0.3, 0.4) is 0 Å². The van der Waals surface area contributed by atoms with Crippen molar-refractivity contribution in [3.63, 3.8) is 0 Å². The van der Waals surface area contributed by atoms with Crippen LogP contribution in [-0.4, -0.2) is 49.8 Å². The molecule has 25 aromatic rings. The molecule has 564 valence electrons. The molecule has 10 nitrogen and oxygen atoms in total. The molecule has 0 unspecified atom stereocenters. The Labute approximate surface area is 705 Å². The van der Waals surface area contributed by atoms with E-state index in [2.05, 4.69) is 255 Å². The molecule has 0 aliphatic carbocycles. The normalized spacial score (nSPS) is 11.6. The predicted molar refractivity (Wildman–Crippen MR) is 507 cm³/mol. The molecule has 0 spiro atoms. The quantitative estimate of drug-likeness (QED) is 0.129. The van der Waals surface area contributed by atoms with Crippen LogP contribution in [0.1, 0.15) is 0 Å². The number of fused-ring (bicyclic) bond motifs is 22. The van der Waals surface area contributed by atoms with E-state index in [9.17, 15) is 0 Å². The van der Waals surface area contributed by atoms with Crippen LogP contribution in [0.5, 0.6) is 0 Å². The van der Waals surface area contributed by atoms with Gasteiger partial charge in [0, 0.05) is 149 Å². The Bertz CT molecular complexity index is 8360. The van der Waals surface area contributed by atoms with Crippen molar-refractivity contribution in [2.45, 2.75) is 0 Å². The maximum absolute atomic E-state index is 5.44. The van der Waals surface area contributed by atoms with Crippen molar-refractivity contribution < 1.29 is 0 Å². The second-order valence-electron chi connectivity index (χ2n) is 29.9. The van der Waals surface area contributed by atoms with E-state index in [1.54, 1.807) is 0 Å². The Morgan fingerprint density at radius 3 is 0.959 bits per heavy atom. The topological polar surface area (TPSA) is 129 Å². The average molecular weight is 1600 g/mol. The molecule has 0 saturated carbocycles. The summed E-state index contributed by atoms with van der Waals surface area (Å²) in [5.41, 5.74) is 16.3. The molecule has 0 N–H and O–H groups in total. The molecule has 16 aromatic carbocycles. The Morgan fingerprint density at radius 1 is 0.165 bits per heavy atom. The van der Waals surface area contributed by atoms with Crippen molar-refractivity contribution in [1.29, 1.82) is 0 Å². The lowest BCUT2D eigenvalue weighted by molar-refractivity contribution is 1.07. The first-order valence-electron chi connectivity index (χ1n) is 40.2. The maximum atomic E-state index is 5.44. The van der Waals surface area contributed by atoms with Crippen molar-refractivity contribution in [3.05, 3.63) is 388 Å². The molecular formula is C108H64N10S3. The first kappa shape index (κ1) is 71.0. The number of hydrogen-bond acceptors (Lipinski definition) is 13. The summed E-state index contributed by atoms with van der Waals surface area (Å²) in [4.78, 5) is 51.2. The Balaban J connectivity index is 0.000000106. The third-order valence-corrected chi connectivity index (χ3v) is 26.1. The van der Waals surface area contributed by atoms with E-state index < -0.39 is 0 Å². The minimum atomic E-state index is 0.626. The van der Waals surface area contributed by atoms with Gasteiger partial charge in [0.15, 0.2) is 29.1 Å². The molecule has 9 aromatic heterocycles. The molecule has 121 heavy (non-hydrogen) atoms. The fourth-order valence-corrected chi connectivity index (χ4v) is 20.4. The Morgan fingerprint density at radius 2 is 0.488 bits per heavy atom. The Hall–Kier alpha value is -15.4. The van der Waals surface area contributed by atoms with Crippen molar-refractivity contribution >= 4 is 170 Å². The number of pyridine rings is 3. The average Bonchev–Trinajstić information content (AvgIpc) is 1.69. The van der Waals surface area contributed by atoms with E-state index >= 15 is 0 Å². The van der Waals surface area contributed by atoms with E-state index in [1.807, 2.05) is 168 Å². The van der Waals surface area contributed by atoms with Gasteiger partial charge in [0.2, 0.25) is 0 Å². The summed E-state index contributed by atoms with van der Waals surface area (Å²) in [7, 11) is 0. The number of benzene rings is 16. The summed E-state index contributed by atoms with van der Waals surface area (Å²) in [6.07, 6.45) is 1.95. The molecule has 0 radical (unpaired) electrons. The highest BCUT2D eigenvalue weighted by molar-refractivity contribution is 7.26. The fraction of sp³-hybridized carbons (Fsp3) is 0. The van der Waals surface area contributed by atoms with Crippen LogP contribution < -0.4 is 0 Å². The zero-order valence-corrected chi connectivity index (χ0v) is 67.1. The van der Waals surface area contributed by atoms with Crippen molar-refractivity contribution in [3.8, 4) is 102 Å². The summed E-state index contributed by atoms with van der Waals surface area (Å²) < 4.78 is 7.56. The van der Waals surface area contributed by atoms with Gasteiger partial charge >= 0.3 is 0 Å². The van der Waals surface area contributed by atoms with E-state index in [0.717, 1.165) is 133 Å². The number of rotatable bonds is 9. The monoisotopic (exact) mass is 1600 g/mol. The van der Waals surface area contributed by atoms with Gasteiger partial charge < -0.3 is 0 Å². The first-order valence-corrected chi connectivity index (χ1v) is 42.6. The van der Waals surface area contributed by atoms with E-state index in [1.165, 1.54) is 76.7 Å². The summed E-state index contributed by atoms with van der Waals surface area (Å²) in [5.74, 6) is 3.26. The first-order chi connectivity index (χ1) is 60.0. The number of thiophene rings is 3. The van der Waals surface area contributed by atoms with Crippen LogP contribution in [-0.2, 0) is 0 Å². The smallest absolute Gasteiger partial charge is 0.179 e. The van der Waals surface area contributed by atoms with Crippen LogP contribution in [0.15, 0.2) is 388 Å². The van der Waals surface area contributed by atoms with Gasteiger partial charge in [-0.15, -0.1) is 34.0 Å². The molecule has 9 heterocycles. The van der Waals surface area contributed by atoms with Gasteiger partial charge in [0.1, 0.15) is 5.69 Å². The minimum absolute atomic E-state index is 0.626. The highest BCUT2D eigenvalue weighted by Gasteiger charge is 2.24. The van der Waals surface area contributed by atoms with Crippen LogP contribution in [0, 0.1) is 0 Å². The largest absolute Gasteiger partial charge is 0.246 e. The molecular weight excluding hydrogens is 1530 g/mol. The van der Waals surface area contributed by atoms with Gasteiger partial charge in [-0.3, -0.25) is 0 Å². The zero-order valence-electron chi connectivity index (χ0n) is 64.6. The van der Waals surface area contributed by atoms with Crippen molar-refractivity contribution in [1.82, 2.24) is 49.8 Å². The van der Waals surface area contributed by atoms with Gasteiger partial charge in [-0.1, -0.05) is 334 Å². The lowest BCUT2D eigenvalue weighted by atomic mass is 9.96. The third kappa shape index (κ3) is 12.6. The molecule has 0 fully saturated rings. The van der Waals surface area contributed by atoms with Gasteiger partial charge in [0.25, 0.3) is 0 Å². The van der Waals surface area contributed by atoms with Crippen molar-refractivity contribution in [2.24, 2.45) is 0 Å². The standard InChI is InChI=1S/C40H24N4S.C35H21N3S.C33H19N3S/c1-3-12-25(13-4-1)38-42-39(26-14-5-2-6-15-26)44-40(43-38)28-17-11-16-27(24-28)36-30-19-8-7-18-29(30)31-22-23-34-35(37(31)41-36)32-20-9-10-21-33(32)45-34;1-3-11-22(12-4-1)32-28(21-36-35(38-32)23-13-5-2-6-14-23)33-25-16-8-7-15-24(25)26-19-20-30-31(34(26)37-33)27-17-9-10-18-29(27)39-30;1-2-10-20(11-3-1)30-24-14-6-8-16-26(24)34-33(36-30)32-22-13-5-4-12-21(22)23-18-19-28-29(31(23)35-32)25-15-7-9-17-27(25)37-28/h1-24H;1-21H;1-19H. The van der Waals surface area contributed by atoms with Crippen LogP contribution >= 0.6 is 34.0 Å². The van der Waals surface area contributed by atoms with Crippen LogP contribution in [0.2, 0.25) is 0 Å². The lowest BCUT2D eigenvalue weighted by Gasteiger charge is -2.14. The number of aromatic nitrogens is 10. The van der Waals surface area contributed by atoms with Crippen LogP contribution in [0.25, 0.3) is 239 Å². The summed E-state index contributed by atoms with van der Waals surface area (Å²) in [6.45, 7) is 0. The minimum Gasteiger partial charge on any atom is -0.246 e. The zero-order chi connectivity index (χ0) is 79.9. The lowest BCUT2D eigenvalue weighted by Crippen LogP contribution is -2.00. The van der Waals surface area contributed by atoms with Gasteiger partial charge in [-0.05, 0) is 64.7 Å². The molecule has 0 aliphatic rings. The Kier molecular flexibility index (Phi) is 17.6. The fourth-order valence-electron chi connectivity index (χ4n) is 17.1. The maximum Gasteiger partial charge on any atom is 0.179 e. The highest BCUT2D eigenvalue weighted by Crippen LogP contribution is 2.47. The van der Waals surface area contributed by atoms with Crippen LogP contribution in [0.4, 0.5) is 0 Å². The van der Waals surface area contributed by atoms with Gasteiger partial charge in [0.05, 0.1) is 44.8 Å². The highest BCUT2D eigenvalue weighted by atomic mass is 32.1. The van der Waals surface area contributed by atoms with Gasteiger partial charge in [-0.2, -0.15) is 0 Å². The van der Waals surface area contributed by atoms with E-state index in [0.29, 0.717) is 29.1 Å². The van der Waals surface area contributed by atoms with E-state index in [-0.39, 0.29) is 0 Å². The molecule has 0 amide bonds. The summed E-state index contributed by atoms with van der Waals surface area (Å²) >= 11 is 5.45. The van der Waals surface area contributed by atoms with E-state index in [4.69, 9.17) is 49.8 Å². The second kappa shape index (κ2) is 30.0. The number of hydrogen-bond donors (Lipinski definition) is 0. The molecule has 0 aliphatic heterocycles. The number of nitrogens with zero attached hydrogens (tertiary/aromatic N) is 10. The van der Waals surface area contributed by atoms with Gasteiger partial charge in [-0.25, -0.2) is 49.8 Å². The summed E-state index contributed by atoms with van der Waals surface area (Å²) in [5, 5.41) is 18.7. The summed E-state index contributed by atoms with van der Waals surface area (Å²) in [6, 6.07) is 132. The second-order valence-corrected chi connectivity index (χ2v) is 33.2. The molecule has 13 heteroatoms. The molecule has 25 rings (SSSR count). The SMILES string of the molecule is c1ccc(-c2nc(-c3ccccc3)nc(-c3cccc(-c4nc5c(ccc6sc7ccccc7c65)c5ccccc45)c3)n2)cc1.c1ccc(-c2nc(-c3nc4c(ccc5sc6ccccc6c54)c4ccccc34)nc3ccccc23)cc1.c1ccc(-c2ncc(-c3nc4c(ccc5sc6ccccc6c54)c4ccccc34)c(-c3ccccc3)n2)cc1. The molecule has 0 atom stereocenters. The number of para-hydroxylation sites is 1. The predicted octanol–water partition coefficient (Wildman–Crippen LogP) is 29.2. The molecule has 0 saturated heterocycles. The third-order valence-electron chi connectivity index (χ3n) is 22.7. The molecule has 0 bridgehead atoms.